The van der Waals surface area contributed by atoms with Crippen molar-refractivity contribution in [1.29, 1.82) is 0 Å². The summed E-state index contributed by atoms with van der Waals surface area (Å²) in [6.07, 6.45) is -15.8. The number of rotatable bonds is 7. The zero-order chi connectivity index (χ0) is 30.3. The van der Waals surface area contributed by atoms with Crippen LogP contribution in [0, 0.1) is 0 Å². The van der Waals surface area contributed by atoms with Gasteiger partial charge in [-0.15, -0.1) is 0 Å². The van der Waals surface area contributed by atoms with Gasteiger partial charge in [0.15, 0.2) is 11.5 Å². The largest absolute Gasteiger partial charge is 0.504 e. The molecular formula is C27H31O15+. The molecule has 42 heavy (non-hydrogen) atoms. The van der Waals surface area contributed by atoms with Crippen LogP contribution < -0.4 is 9.47 Å². The van der Waals surface area contributed by atoms with Crippen LogP contribution >= 0.6 is 0 Å². The Morgan fingerprint density at radius 1 is 0.643 bits per heavy atom. The molecule has 0 amide bonds. The van der Waals surface area contributed by atoms with Crippen LogP contribution in [-0.2, 0) is 9.47 Å². The van der Waals surface area contributed by atoms with E-state index in [9.17, 15) is 51.1 Å². The highest BCUT2D eigenvalue weighted by Gasteiger charge is 2.46. The zero-order valence-corrected chi connectivity index (χ0v) is 21.7. The van der Waals surface area contributed by atoms with Crippen molar-refractivity contribution in [2.45, 2.75) is 61.4 Å². The van der Waals surface area contributed by atoms with Crippen molar-refractivity contribution in [3.63, 3.8) is 0 Å². The predicted octanol–water partition coefficient (Wildman–Crippen LogP) is -1.85. The summed E-state index contributed by atoms with van der Waals surface area (Å²) in [5, 5.41) is 100. The van der Waals surface area contributed by atoms with E-state index in [1.165, 1.54) is 36.4 Å². The van der Waals surface area contributed by atoms with E-state index in [4.69, 9.17) is 23.4 Å². The monoisotopic (exact) mass is 595 g/mol. The summed E-state index contributed by atoms with van der Waals surface area (Å²) in [7, 11) is 0. The molecule has 3 aromatic rings. The topological polar surface area (TPSA) is 251 Å². The Balaban J connectivity index is 1.54. The Hall–Kier alpha value is -3.35. The second-order valence-corrected chi connectivity index (χ2v) is 9.97. The summed E-state index contributed by atoms with van der Waals surface area (Å²) in [6, 6.07) is 9.73. The lowest BCUT2D eigenvalue weighted by Crippen LogP contribution is -2.60. The van der Waals surface area contributed by atoms with E-state index in [0.29, 0.717) is 5.56 Å². The number of phenolic OH excluding ortho intramolecular Hbond substituents is 2. The minimum absolute atomic E-state index is 0.0553. The first-order chi connectivity index (χ1) is 20.0. The van der Waals surface area contributed by atoms with Gasteiger partial charge in [0.25, 0.3) is 0 Å². The van der Waals surface area contributed by atoms with Gasteiger partial charge in [0.05, 0.1) is 24.8 Å². The summed E-state index contributed by atoms with van der Waals surface area (Å²) in [5.74, 6) is -0.651. The maximum absolute atomic E-state index is 10.5. The first-order valence-corrected chi connectivity index (χ1v) is 12.9. The lowest BCUT2D eigenvalue weighted by atomic mass is 9.99. The number of aromatic hydroxyl groups is 2. The predicted molar refractivity (Wildman–Crippen MR) is 138 cm³/mol. The average molecular weight is 596 g/mol. The molecule has 10 atom stereocenters. The summed E-state index contributed by atoms with van der Waals surface area (Å²) in [4.78, 5) is 0. The molecule has 0 unspecified atom stereocenters. The molecule has 0 aliphatic carbocycles. The fourth-order valence-corrected chi connectivity index (χ4v) is 4.72. The lowest BCUT2D eigenvalue weighted by Gasteiger charge is -2.40. The van der Waals surface area contributed by atoms with Gasteiger partial charge in [-0.25, -0.2) is 4.42 Å². The number of aliphatic hydroxyl groups is 8. The van der Waals surface area contributed by atoms with Crippen molar-refractivity contribution in [3.05, 3.63) is 42.5 Å². The smallest absolute Gasteiger partial charge is 0.368 e. The van der Waals surface area contributed by atoms with Gasteiger partial charge >= 0.3 is 11.3 Å². The summed E-state index contributed by atoms with van der Waals surface area (Å²) in [5.41, 5.74) is 0.464. The lowest BCUT2D eigenvalue weighted by molar-refractivity contribution is -0.278. The van der Waals surface area contributed by atoms with Gasteiger partial charge in [0.1, 0.15) is 65.7 Å². The first kappa shape index (κ1) is 30.1. The molecule has 2 aromatic carbocycles. The minimum atomic E-state index is -1.75. The Labute approximate surface area is 237 Å². The van der Waals surface area contributed by atoms with E-state index in [2.05, 4.69) is 0 Å². The van der Waals surface area contributed by atoms with Gasteiger partial charge < -0.3 is 70.0 Å². The highest BCUT2D eigenvalue weighted by atomic mass is 16.7. The second-order valence-electron chi connectivity index (χ2n) is 9.97. The van der Waals surface area contributed by atoms with Gasteiger partial charge in [0.2, 0.25) is 12.6 Å². The van der Waals surface area contributed by atoms with E-state index in [-0.39, 0.29) is 34.0 Å². The van der Waals surface area contributed by atoms with Crippen molar-refractivity contribution in [1.82, 2.24) is 0 Å². The second kappa shape index (κ2) is 12.1. The van der Waals surface area contributed by atoms with Crippen molar-refractivity contribution in [3.8, 4) is 34.3 Å². The molecular weight excluding hydrogens is 564 g/mol. The highest BCUT2D eigenvalue weighted by molar-refractivity contribution is 5.86. The summed E-state index contributed by atoms with van der Waals surface area (Å²) < 4.78 is 28.5. The normalized spacial score (nSPS) is 33.4. The van der Waals surface area contributed by atoms with Gasteiger partial charge in [0, 0.05) is 18.2 Å². The van der Waals surface area contributed by atoms with Crippen LogP contribution in [0.5, 0.6) is 23.0 Å². The van der Waals surface area contributed by atoms with E-state index in [1.54, 1.807) is 6.07 Å². The number of benzene rings is 2. The SMILES string of the molecule is OC[C@H]1O[C@@H](Oc2cc(O[C@@H]3O[C@H](CO)[C@@H](O)[C@H](O)[C@H]3O)c3ccc(-c4ccc(O)c(O)c4)[o+]c3c2)[C@H](O)[C@@H](O)[C@@H]1O. The van der Waals surface area contributed by atoms with Crippen LogP contribution in [0.25, 0.3) is 22.3 Å². The Kier molecular flexibility index (Phi) is 8.68. The maximum atomic E-state index is 10.5. The third-order valence-electron chi connectivity index (χ3n) is 7.15. The standard InChI is InChI=1S/C27H30O15/c28-8-18-20(32)22(34)24(36)26(41-18)38-11-6-16-12(2-4-15(39-16)10-1-3-13(30)14(31)5-10)17(7-11)40-27-25(37)23(35)21(33)19(9-29)42-27/h1-7,18-29,32-37H,8-9H2,(H-,30,31)/p+1/t18-,19-,20-,21-,22+,23+,24-,25-,26-,27-/m1/s1. The molecule has 2 saturated heterocycles. The molecule has 0 bridgehead atoms. The molecule has 15 nitrogen and oxygen atoms in total. The van der Waals surface area contributed by atoms with Crippen LogP contribution in [0.4, 0.5) is 0 Å². The van der Waals surface area contributed by atoms with Crippen LogP contribution in [0.15, 0.2) is 46.9 Å². The average Bonchev–Trinajstić information content (AvgIpc) is 2.98. The van der Waals surface area contributed by atoms with Gasteiger partial charge in [-0.3, -0.25) is 0 Å². The third kappa shape index (κ3) is 5.67. The summed E-state index contributed by atoms with van der Waals surface area (Å²) in [6.45, 7) is -1.38. The summed E-state index contributed by atoms with van der Waals surface area (Å²) >= 11 is 0. The van der Waals surface area contributed by atoms with Crippen molar-refractivity contribution in [2.24, 2.45) is 0 Å². The number of hydrogen-bond donors (Lipinski definition) is 10. The van der Waals surface area contributed by atoms with Crippen molar-refractivity contribution < 1.29 is 74.4 Å². The molecule has 5 rings (SSSR count). The Bertz CT molecular complexity index is 1400. The fraction of sp³-hybridized carbons (Fsp3) is 0.444. The van der Waals surface area contributed by atoms with E-state index in [1.807, 2.05) is 0 Å². The van der Waals surface area contributed by atoms with Gasteiger partial charge in [-0.05, 0) is 18.2 Å². The molecule has 1 aromatic heterocycles. The molecule has 10 N–H and O–H groups in total. The number of ether oxygens (including phenoxy) is 4. The Morgan fingerprint density at radius 2 is 1.24 bits per heavy atom. The highest BCUT2D eigenvalue weighted by Crippen LogP contribution is 2.38. The molecule has 2 aliphatic heterocycles. The first-order valence-electron chi connectivity index (χ1n) is 12.9. The van der Waals surface area contributed by atoms with Crippen molar-refractivity contribution >= 4 is 11.0 Å². The van der Waals surface area contributed by atoms with Crippen molar-refractivity contribution in [2.75, 3.05) is 13.2 Å². The number of hydrogen-bond acceptors (Lipinski definition) is 14. The van der Waals surface area contributed by atoms with Crippen LogP contribution in [0.1, 0.15) is 0 Å². The Morgan fingerprint density at radius 3 is 1.81 bits per heavy atom. The molecule has 0 spiro atoms. The van der Waals surface area contributed by atoms with Crippen LogP contribution in [-0.4, -0.2) is 126 Å². The van der Waals surface area contributed by atoms with E-state index >= 15 is 0 Å². The molecule has 0 saturated carbocycles. The van der Waals surface area contributed by atoms with Gasteiger partial charge in [-0.2, -0.15) is 0 Å². The maximum Gasteiger partial charge on any atom is 0.368 e. The number of phenols is 2. The fourth-order valence-electron chi connectivity index (χ4n) is 4.72. The zero-order valence-electron chi connectivity index (χ0n) is 21.7. The molecule has 3 heterocycles. The minimum Gasteiger partial charge on any atom is -0.504 e. The van der Waals surface area contributed by atoms with E-state index < -0.39 is 80.4 Å². The van der Waals surface area contributed by atoms with Crippen LogP contribution in [0.2, 0.25) is 0 Å². The number of fused-ring (bicyclic) bond motifs is 1. The third-order valence-corrected chi connectivity index (χ3v) is 7.15. The van der Waals surface area contributed by atoms with Gasteiger partial charge in [-0.1, -0.05) is 0 Å². The van der Waals surface area contributed by atoms with Crippen LogP contribution in [0.3, 0.4) is 0 Å². The van der Waals surface area contributed by atoms with E-state index in [0.717, 1.165) is 0 Å². The molecule has 2 aliphatic rings. The molecule has 2 fully saturated rings. The quantitative estimate of drug-likeness (QED) is 0.106. The molecule has 15 heteroatoms. The molecule has 228 valence electrons. The number of aliphatic hydroxyl groups excluding tert-OH is 8. The molecule has 0 radical (unpaired) electrons.